The molecule has 0 bridgehead atoms. The summed E-state index contributed by atoms with van der Waals surface area (Å²) in [5, 5.41) is 6.87. The number of nitrogens with one attached hydrogen (secondary N) is 1. The summed E-state index contributed by atoms with van der Waals surface area (Å²) < 4.78 is 18.1. The van der Waals surface area contributed by atoms with Crippen LogP contribution in [0.2, 0.25) is 5.02 Å². The van der Waals surface area contributed by atoms with Crippen molar-refractivity contribution in [2.45, 2.75) is 0 Å². The van der Waals surface area contributed by atoms with E-state index in [0.29, 0.717) is 16.3 Å². The predicted octanol–water partition coefficient (Wildman–Crippen LogP) is 4.39. The highest BCUT2D eigenvalue weighted by molar-refractivity contribution is 6.31. The van der Waals surface area contributed by atoms with Crippen molar-refractivity contribution in [1.29, 1.82) is 0 Å². The minimum absolute atomic E-state index is 0.256. The molecule has 1 N–H and O–H groups in total. The number of amides is 1. The Morgan fingerprint density at radius 1 is 1.18 bits per heavy atom. The van der Waals surface area contributed by atoms with Gasteiger partial charge in [0, 0.05) is 16.3 Å². The largest absolute Gasteiger partial charge is 0.355 e. The smallest absolute Gasteiger partial charge is 0.261 e. The maximum Gasteiger partial charge on any atom is 0.261 e. The molecule has 22 heavy (non-hydrogen) atoms. The quantitative estimate of drug-likeness (QED) is 0.779. The molecule has 3 rings (SSSR count). The Balaban J connectivity index is 1.88. The van der Waals surface area contributed by atoms with E-state index in [1.807, 2.05) is 0 Å². The minimum atomic E-state index is -0.386. The molecule has 0 atom stereocenters. The van der Waals surface area contributed by atoms with E-state index in [4.69, 9.17) is 16.1 Å². The fraction of sp³-hybridized carbons (Fsp3) is 0. The van der Waals surface area contributed by atoms with Crippen molar-refractivity contribution in [3.8, 4) is 11.3 Å². The molecule has 2 aromatic carbocycles. The van der Waals surface area contributed by atoms with E-state index in [-0.39, 0.29) is 23.0 Å². The number of anilines is 1. The van der Waals surface area contributed by atoms with Gasteiger partial charge >= 0.3 is 0 Å². The Bertz CT molecular complexity index is 815. The van der Waals surface area contributed by atoms with Crippen LogP contribution in [0.4, 0.5) is 10.1 Å². The van der Waals surface area contributed by atoms with Crippen LogP contribution >= 0.6 is 11.6 Å². The Labute approximate surface area is 130 Å². The van der Waals surface area contributed by atoms with E-state index in [1.165, 1.54) is 30.5 Å². The number of rotatable bonds is 3. The Kier molecular flexibility index (Phi) is 3.89. The summed E-state index contributed by atoms with van der Waals surface area (Å²) in [5.41, 5.74) is 1.38. The van der Waals surface area contributed by atoms with E-state index < -0.39 is 0 Å². The molecule has 4 nitrogen and oxygen atoms in total. The highest BCUT2D eigenvalue weighted by Crippen LogP contribution is 2.25. The molecule has 1 aromatic heterocycles. The molecule has 0 aliphatic heterocycles. The highest BCUT2D eigenvalue weighted by Gasteiger charge is 2.18. The Morgan fingerprint density at radius 3 is 2.68 bits per heavy atom. The molecule has 6 heteroatoms. The zero-order valence-corrected chi connectivity index (χ0v) is 12.0. The van der Waals surface area contributed by atoms with E-state index in [1.54, 1.807) is 24.3 Å². The molecular formula is C16H10ClFN2O2. The lowest BCUT2D eigenvalue weighted by molar-refractivity contribution is 0.102. The van der Waals surface area contributed by atoms with E-state index in [0.717, 1.165) is 0 Å². The van der Waals surface area contributed by atoms with Crippen LogP contribution < -0.4 is 5.32 Å². The summed E-state index contributed by atoms with van der Waals surface area (Å²) in [6.07, 6.45) is 1.32. The number of carbonyl (C=O) groups excluding carboxylic acids is 1. The SMILES string of the molecule is O=C(Nc1cccc(Cl)c1)c1cnoc1-c1ccc(F)cc1. The fourth-order valence-electron chi connectivity index (χ4n) is 1.98. The molecule has 0 saturated heterocycles. The van der Waals surface area contributed by atoms with Gasteiger partial charge in [0.25, 0.3) is 5.91 Å². The monoisotopic (exact) mass is 316 g/mol. The van der Waals surface area contributed by atoms with Crippen LogP contribution in [-0.2, 0) is 0 Å². The van der Waals surface area contributed by atoms with Gasteiger partial charge in [0.2, 0.25) is 0 Å². The lowest BCUT2D eigenvalue weighted by Crippen LogP contribution is -2.11. The zero-order valence-electron chi connectivity index (χ0n) is 11.2. The molecule has 1 amide bonds. The van der Waals surface area contributed by atoms with Gasteiger partial charge in [-0.25, -0.2) is 4.39 Å². The molecule has 1 heterocycles. The third-order valence-corrected chi connectivity index (χ3v) is 3.24. The summed E-state index contributed by atoms with van der Waals surface area (Å²) in [6, 6.07) is 12.4. The average Bonchev–Trinajstić information content (AvgIpc) is 2.97. The van der Waals surface area contributed by atoms with Crippen LogP contribution in [0, 0.1) is 5.82 Å². The highest BCUT2D eigenvalue weighted by atomic mass is 35.5. The number of hydrogen-bond acceptors (Lipinski definition) is 3. The van der Waals surface area contributed by atoms with Gasteiger partial charge in [-0.05, 0) is 42.5 Å². The van der Waals surface area contributed by atoms with Gasteiger partial charge < -0.3 is 9.84 Å². The van der Waals surface area contributed by atoms with Gasteiger partial charge in [-0.2, -0.15) is 0 Å². The number of aromatic nitrogens is 1. The number of halogens is 2. The van der Waals surface area contributed by atoms with Crippen molar-refractivity contribution in [3.63, 3.8) is 0 Å². The first-order valence-corrected chi connectivity index (χ1v) is 6.79. The first kappa shape index (κ1) is 14.3. The lowest BCUT2D eigenvalue weighted by Gasteiger charge is -2.05. The van der Waals surface area contributed by atoms with Crippen LogP contribution in [0.3, 0.4) is 0 Å². The average molecular weight is 317 g/mol. The van der Waals surface area contributed by atoms with Crippen molar-refractivity contribution in [2.75, 3.05) is 5.32 Å². The third kappa shape index (κ3) is 2.99. The van der Waals surface area contributed by atoms with E-state index in [2.05, 4.69) is 10.5 Å². The zero-order chi connectivity index (χ0) is 15.5. The normalized spacial score (nSPS) is 10.5. The summed E-state index contributed by atoms with van der Waals surface area (Å²) in [4.78, 5) is 12.3. The van der Waals surface area contributed by atoms with Crippen molar-refractivity contribution in [2.24, 2.45) is 0 Å². The number of hydrogen-bond donors (Lipinski definition) is 1. The van der Waals surface area contributed by atoms with Crippen LogP contribution in [0.15, 0.2) is 59.3 Å². The van der Waals surface area contributed by atoms with Gasteiger partial charge in [0.15, 0.2) is 5.76 Å². The van der Waals surface area contributed by atoms with Crippen LogP contribution in [0.25, 0.3) is 11.3 Å². The third-order valence-electron chi connectivity index (χ3n) is 3.00. The second kappa shape index (κ2) is 5.99. The van der Waals surface area contributed by atoms with E-state index in [9.17, 15) is 9.18 Å². The van der Waals surface area contributed by atoms with Crippen molar-refractivity contribution in [1.82, 2.24) is 5.16 Å². The molecule has 0 spiro atoms. The van der Waals surface area contributed by atoms with Crippen molar-refractivity contribution >= 4 is 23.2 Å². The second-order valence-electron chi connectivity index (χ2n) is 4.54. The minimum Gasteiger partial charge on any atom is -0.355 e. The van der Waals surface area contributed by atoms with Gasteiger partial charge in [-0.1, -0.05) is 22.8 Å². The standard InChI is InChI=1S/C16H10ClFN2O2/c17-11-2-1-3-13(8-11)20-16(21)14-9-19-22-15(14)10-4-6-12(18)7-5-10/h1-9H,(H,20,21). The molecule has 110 valence electrons. The maximum absolute atomic E-state index is 13.0. The summed E-state index contributed by atoms with van der Waals surface area (Å²) in [6.45, 7) is 0. The summed E-state index contributed by atoms with van der Waals surface area (Å²) >= 11 is 5.88. The summed E-state index contributed by atoms with van der Waals surface area (Å²) in [7, 11) is 0. The summed E-state index contributed by atoms with van der Waals surface area (Å²) in [5.74, 6) is -0.476. The number of carbonyl (C=O) groups is 1. The Hall–Kier alpha value is -2.66. The number of benzene rings is 2. The van der Waals surface area contributed by atoms with Gasteiger partial charge in [0.1, 0.15) is 11.4 Å². The van der Waals surface area contributed by atoms with E-state index >= 15 is 0 Å². The second-order valence-corrected chi connectivity index (χ2v) is 4.98. The maximum atomic E-state index is 13.0. The molecular weight excluding hydrogens is 307 g/mol. The number of nitrogens with zero attached hydrogens (tertiary/aromatic N) is 1. The Morgan fingerprint density at radius 2 is 1.95 bits per heavy atom. The van der Waals surface area contributed by atoms with Gasteiger partial charge in [-0.15, -0.1) is 0 Å². The molecule has 0 unspecified atom stereocenters. The van der Waals surface area contributed by atoms with Gasteiger partial charge in [0.05, 0.1) is 6.20 Å². The molecule has 3 aromatic rings. The van der Waals surface area contributed by atoms with Crippen LogP contribution in [0.5, 0.6) is 0 Å². The molecule has 0 radical (unpaired) electrons. The fourth-order valence-corrected chi connectivity index (χ4v) is 2.17. The predicted molar refractivity (Wildman–Crippen MR) is 81.3 cm³/mol. The molecule has 0 saturated carbocycles. The molecule has 0 fully saturated rings. The molecule has 0 aliphatic carbocycles. The first-order chi connectivity index (χ1) is 10.6. The van der Waals surface area contributed by atoms with Crippen molar-refractivity contribution < 1.29 is 13.7 Å². The topological polar surface area (TPSA) is 55.1 Å². The first-order valence-electron chi connectivity index (χ1n) is 6.41. The lowest BCUT2D eigenvalue weighted by atomic mass is 10.1. The van der Waals surface area contributed by atoms with Crippen LogP contribution in [-0.4, -0.2) is 11.1 Å². The van der Waals surface area contributed by atoms with Gasteiger partial charge in [-0.3, -0.25) is 4.79 Å². The van der Waals surface area contributed by atoms with Crippen molar-refractivity contribution in [3.05, 3.63) is 71.1 Å². The van der Waals surface area contributed by atoms with Crippen LogP contribution in [0.1, 0.15) is 10.4 Å². The molecule has 0 aliphatic rings.